The van der Waals surface area contributed by atoms with Crippen molar-refractivity contribution in [3.8, 4) is 0 Å². The Hall–Kier alpha value is -3.05. The summed E-state index contributed by atoms with van der Waals surface area (Å²) in [6.07, 6.45) is -0.597. The maximum absolute atomic E-state index is 13.0. The van der Waals surface area contributed by atoms with E-state index in [-0.39, 0.29) is 18.1 Å². The molecule has 3 aromatic carbocycles. The van der Waals surface area contributed by atoms with Gasteiger partial charge in [-0.25, -0.2) is 4.39 Å². The van der Waals surface area contributed by atoms with E-state index in [0.717, 1.165) is 21.9 Å². The molecule has 0 fully saturated rings. The maximum atomic E-state index is 13.0. The van der Waals surface area contributed by atoms with Gasteiger partial charge in [-0.15, -0.1) is 5.10 Å². The normalized spacial score (nSPS) is 13.8. The molecule has 0 radical (unpaired) electrons. The van der Waals surface area contributed by atoms with Gasteiger partial charge in [0.2, 0.25) is 0 Å². The molecule has 0 aliphatic rings. The zero-order valence-electron chi connectivity index (χ0n) is 14.4. The predicted molar refractivity (Wildman–Crippen MR) is 104 cm³/mol. The lowest BCUT2D eigenvalue weighted by Crippen LogP contribution is -2.16. The Morgan fingerprint density at radius 3 is 2.46 bits per heavy atom. The molecule has 0 saturated carbocycles. The Morgan fingerprint density at radius 1 is 1.00 bits per heavy atom. The van der Waals surface area contributed by atoms with Gasteiger partial charge < -0.3 is 10.8 Å². The largest absolute Gasteiger partial charge is 0.388 e. The van der Waals surface area contributed by atoms with Crippen LogP contribution in [0.5, 0.6) is 0 Å². The van der Waals surface area contributed by atoms with Crippen molar-refractivity contribution < 1.29 is 9.50 Å². The molecule has 5 heteroatoms. The molecule has 1 unspecified atom stereocenters. The zero-order chi connectivity index (χ0) is 18.5. The van der Waals surface area contributed by atoms with Gasteiger partial charge >= 0.3 is 0 Å². The molecule has 0 aromatic heterocycles. The topological polar surface area (TPSA) is 71.0 Å². The Morgan fingerprint density at radius 2 is 1.69 bits per heavy atom. The van der Waals surface area contributed by atoms with Crippen molar-refractivity contribution in [2.75, 3.05) is 0 Å². The van der Waals surface area contributed by atoms with E-state index in [9.17, 15) is 9.50 Å². The fraction of sp³-hybridized carbons (Fsp3) is 0.143. The Balaban J connectivity index is 1.76. The van der Waals surface area contributed by atoms with Crippen LogP contribution in [0, 0.1) is 5.82 Å². The van der Waals surface area contributed by atoms with Crippen molar-refractivity contribution in [2.45, 2.75) is 19.4 Å². The van der Waals surface area contributed by atoms with Crippen molar-refractivity contribution in [1.82, 2.24) is 0 Å². The number of hydrogen-bond acceptors (Lipinski definition) is 3. The molecule has 3 rings (SSSR count). The molecular formula is C21H20FN3O. The number of fused-ring (bicyclic) bond motifs is 1. The molecule has 1 atom stereocenters. The molecule has 0 amide bonds. The zero-order valence-corrected chi connectivity index (χ0v) is 14.4. The summed E-state index contributed by atoms with van der Waals surface area (Å²) >= 11 is 0. The van der Waals surface area contributed by atoms with E-state index in [2.05, 4.69) is 10.2 Å². The van der Waals surface area contributed by atoms with E-state index in [0.29, 0.717) is 5.71 Å². The van der Waals surface area contributed by atoms with Gasteiger partial charge in [0.25, 0.3) is 0 Å². The number of benzene rings is 3. The summed E-state index contributed by atoms with van der Waals surface area (Å²) < 4.78 is 13.0. The van der Waals surface area contributed by atoms with Gasteiger partial charge in [0, 0.05) is 6.42 Å². The van der Waals surface area contributed by atoms with Crippen LogP contribution in [0.2, 0.25) is 0 Å². The van der Waals surface area contributed by atoms with E-state index >= 15 is 0 Å². The molecule has 0 spiro atoms. The second kappa shape index (κ2) is 7.89. The summed E-state index contributed by atoms with van der Waals surface area (Å²) in [5.41, 5.74) is 8.12. The number of nitrogens with zero attached hydrogens (tertiary/aromatic N) is 2. The van der Waals surface area contributed by atoms with Gasteiger partial charge in [-0.3, -0.25) is 0 Å². The first-order valence-electron chi connectivity index (χ1n) is 8.33. The van der Waals surface area contributed by atoms with Crippen molar-refractivity contribution in [3.05, 3.63) is 83.7 Å². The molecule has 0 bridgehead atoms. The van der Waals surface area contributed by atoms with Crippen LogP contribution < -0.4 is 5.73 Å². The molecule has 4 nitrogen and oxygen atoms in total. The van der Waals surface area contributed by atoms with Crippen LogP contribution >= 0.6 is 0 Å². The molecule has 0 saturated heterocycles. The monoisotopic (exact) mass is 349 g/mol. The molecule has 0 aliphatic heterocycles. The van der Waals surface area contributed by atoms with E-state index < -0.39 is 6.10 Å². The van der Waals surface area contributed by atoms with Gasteiger partial charge in [-0.1, -0.05) is 54.6 Å². The Kier molecular flexibility index (Phi) is 5.39. The average molecular weight is 349 g/mol. The molecule has 26 heavy (non-hydrogen) atoms. The third-order valence-corrected chi connectivity index (χ3v) is 4.18. The number of halogens is 1. The molecule has 0 heterocycles. The lowest BCUT2D eigenvalue weighted by atomic mass is 9.98. The molecule has 132 valence electrons. The van der Waals surface area contributed by atoms with Crippen LogP contribution in [0.4, 0.5) is 4.39 Å². The second-order valence-corrected chi connectivity index (χ2v) is 6.07. The summed E-state index contributed by atoms with van der Waals surface area (Å²) in [7, 11) is 0. The number of hydrogen-bond donors (Lipinski definition) is 2. The Bertz CT molecular complexity index is 959. The summed E-state index contributed by atoms with van der Waals surface area (Å²) in [4.78, 5) is 0. The quantitative estimate of drug-likeness (QED) is 0.412. The lowest BCUT2D eigenvalue weighted by Gasteiger charge is -2.13. The SMILES string of the molecule is C/C(=N\N=C(/N)CC(O)c1cccc2ccccc12)c1ccc(F)cc1. The van der Waals surface area contributed by atoms with Crippen molar-refractivity contribution >= 4 is 22.3 Å². The average Bonchev–Trinajstić information content (AvgIpc) is 2.66. The van der Waals surface area contributed by atoms with Gasteiger partial charge in [0.05, 0.1) is 11.8 Å². The number of amidine groups is 1. The minimum Gasteiger partial charge on any atom is -0.388 e. The van der Waals surface area contributed by atoms with E-state index in [1.165, 1.54) is 12.1 Å². The van der Waals surface area contributed by atoms with E-state index in [4.69, 9.17) is 5.73 Å². The van der Waals surface area contributed by atoms with Crippen molar-refractivity contribution in [1.29, 1.82) is 0 Å². The maximum Gasteiger partial charge on any atom is 0.125 e. The van der Waals surface area contributed by atoms with Gasteiger partial charge in [-0.05, 0) is 41.0 Å². The highest BCUT2D eigenvalue weighted by Crippen LogP contribution is 2.26. The van der Waals surface area contributed by atoms with Crippen LogP contribution in [0.1, 0.15) is 30.6 Å². The fourth-order valence-corrected chi connectivity index (χ4v) is 2.78. The van der Waals surface area contributed by atoms with Crippen molar-refractivity contribution in [3.63, 3.8) is 0 Å². The summed E-state index contributed by atoms with van der Waals surface area (Å²) in [6.45, 7) is 1.77. The van der Waals surface area contributed by atoms with E-state index in [1.54, 1.807) is 19.1 Å². The molecule has 0 aliphatic carbocycles. The van der Waals surface area contributed by atoms with Crippen LogP contribution in [-0.2, 0) is 0 Å². The third-order valence-electron chi connectivity index (χ3n) is 4.18. The van der Waals surface area contributed by atoms with Crippen molar-refractivity contribution in [2.24, 2.45) is 15.9 Å². The molecule has 3 aromatic rings. The number of nitrogens with two attached hydrogens (primary N) is 1. The number of aliphatic hydroxyl groups excluding tert-OH is 1. The van der Waals surface area contributed by atoms with Gasteiger partial charge in [0.15, 0.2) is 0 Å². The fourth-order valence-electron chi connectivity index (χ4n) is 2.78. The highest BCUT2D eigenvalue weighted by Gasteiger charge is 2.12. The minimum atomic E-state index is -0.772. The first-order valence-corrected chi connectivity index (χ1v) is 8.33. The predicted octanol–water partition coefficient (Wildman–Crippen LogP) is 4.18. The summed E-state index contributed by atoms with van der Waals surface area (Å²) in [5, 5.41) is 20.7. The van der Waals surface area contributed by atoms with Gasteiger partial charge in [-0.2, -0.15) is 5.10 Å². The standard InChI is InChI=1S/C21H20FN3O/c1-14(15-9-11-17(22)12-10-15)24-25-21(23)13-20(26)19-8-4-6-16-5-2-3-7-18(16)19/h2-12,20,26H,13H2,1H3,(H2,23,25)/b24-14+. The molecular weight excluding hydrogens is 329 g/mol. The number of rotatable bonds is 5. The lowest BCUT2D eigenvalue weighted by molar-refractivity contribution is 0.187. The summed E-state index contributed by atoms with van der Waals surface area (Å²) in [6, 6.07) is 19.6. The summed E-state index contributed by atoms with van der Waals surface area (Å²) in [5.74, 6) is -0.0744. The van der Waals surface area contributed by atoms with Crippen LogP contribution in [0.15, 0.2) is 76.9 Å². The number of aliphatic hydroxyl groups is 1. The second-order valence-electron chi connectivity index (χ2n) is 6.07. The van der Waals surface area contributed by atoms with Crippen LogP contribution in [0.3, 0.4) is 0 Å². The highest BCUT2D eigenvalue weighted by atomic mass is 19.1. The van der Waals surface area contributed by atoms with Crippen LogP contribution in [0.25, 0.3) is 10.8 Å². The van der Waals surface area contributed by atoms with E-state index in [1.807, 2.05) is 42.5 Å². The Labute approximate surface area is 151 Å². The first-order chi connectivity index (χ1) is 12.5. The molecule has 3 N–H and O–H groups in total. The smallest absolute Gasteiger partial charge is 0.125 e. The minimum absolute atomic E-state index is 0.175. The first kappa shape index (κ1) is 17.8. The van der Waals surface area contributed by atoms with Crippen LogP contribution in [-0.4, -0.2) is 16.7 Å². The van der Waals surface area contributed by atoms with Gasteiger partial charge in [0.1, 0.15) is 11.7 Å². The highest BCUT2D eigenvalue weighted by molar-refractivity contribution is 5.99. The third kappa shape index (κ3) is 4.13.